The van der Waals surface area contributed by atoms with Crippen molar-refractivity contribution < 1.29 is 0 Å². The molecule has 2 nitrogen and oxygen atoms in total. The molecule has 1 fully saturated rings. The van der Waals surface area contributed by atoms with Crippen LogP contribution in [-0.2, 0) is 6.42 Å². The number of aryl methyl sites for hydroxylation is 1. The molecule has 2 aliphatic heterocycles. The summed E-state index contributed by atoms with van der Waals surface area (Å²) in [5.41, 5.74) is 4.31. The van der Waals surface area contributed by atoms with Gasteiger partial charge in [-0.1, -0.05) is 19.8 Å². The van der Waals surface area contributed by atoms with Crippen molar-refractivity contribution in [3.63, 3.8) is 0 Å². The van der Waals surface area contributed by atoms with Crippen molar-refractivity contribution in [1.82, 2.24) is 0 Å². The molecular formula is C17H26N2. The fourth-order valence-electron chi connectivity index (χ4n) is 3.55. The zero-order valence-corrected chi connectivity index (χ0v) is 12.1. The van der Waals surface area contributed by atoms with Crippen LogP contribution in [0.15, 0.2) is 18.2 Å². The molecule has 19 heavy (non-hydrogen) atoms. The first kappa shape index (κ1) is 12.8. The second-order valence-corrected chi connectivity index (χ2v) is 6.09. The molecule has 104 valence electrons. The van der Waals surface area contributed by atoms with Gasteiger partial charge in [-0.3, -0.25) is 0 Å². The molecular weight excluding hydrogens is 232 g/mol. The molecule has 0 aliphatic carbocycles. The van der Waals surface area contributed by atoms with E-state index in [-0.39, 0.29) is 0 Å². The normalized spacial score (nSPS) is 19.9. The fraction of sp³-hybridized carbons (Fsp3) is 0.647. The molecule has 0 bridgehead atoms. The lowest BCUT2D eigenvalue weighted by atomic mass is 9.92. The molecule has 3 rings (SSSR count). The number of hydrogen-bond donors (Lipinski definition) is 1. The monoisotopic (exact) mass is 258 g/mol. The lowest BCUT2D eigenvalue weighted by Gasteiger charge is -2.34. The van der Waals surface area contributed by atoms with Gasteiger partial charge in [0.1, 0.15) is 0 Å². The molecule has 1 N–H and O–H groups in total. The van der Waals surface area contributed by atoms with Gasteiger partial charge in [0, 0.05) is 31.0 Å². The van der Waals surface area contributed by atoms with Gasteiger partial charge in [-0.15, -0.1) is 0 Å². The van der Waals surface area contributed by atoms with E-state index in [0.29, 0.717) is 0 Å². The van der Waals surface area contributed by atoms with Crippen molar-refractivity contribution in [3.05, 3.63) is 23.8 Å². The Balaban J connectivity index is 1.66. The molecule has 0 amide bonds. The first-order valence-electron chi connectivity index (χ1n) is 7.98. The number of nitrogens with zero attached hydrogens (tertiary/aromatic N) is 1. The van der Waals surface area contributed by atoms with E-state index in [1.54, 1.807) is 0 Å². The quantitative estimate of drug-likeness (QED) is 0.879. The Kier molecular flexibility index (Phi) is 3.95. The van der Waals surface area contributed by atoms with Gasteiger partial charge < -0.3 is 10.2 Å². The van der Waals surface area contributed by atoms with Gasteiger partial charge in [-0.2, -0.15) is 0 Å². The molecule has 0 radical (unpaired) electrons. The number of fused-ring (bicyclic) bond motifs is 1. The van der Waals surface area contributed by atoms with Crippen LogP contribution in [0.4, 0.5) is 11.4 Å². The third-order valence-corrected chi connectivity index (χ3v) is 4.70. The van der Waals surface area contributed by atoms with E-state index in [0.717, 1.165) is 12.5 Å². The van der Waals surface area contributed by atoms with Gasteiger partial charge in [0.2, 0.25) is 0 Å². The first-order chi connectivity index (χ1) is 9.36. The van der Waals surface area contributed by atoms with Gasteiger partial charge in [0.25, 0.3) is 0 Å². The Labute approximate surface area is 117 Å². The second kappa shape index (κ2) is 5.85. The summed E-state index contributed by atoms with van der Waals surface area (Å²) in [4.78, 5) is 2.58. The lowest BCUT2D eigenvalue weighted by molar-refractivity contribution is 0.378. The van der Waals surface area contributed by atoms with Crippen molar-refractivity contribution in [1.29, 1.82) is 0 Å². The van der Waals surface area contributed by atoms with E-state index in [4.69, 9.17) is 0 Å². The zero-order valence-electron chi connectivity index (χ0n) is 12.1. The Hall–Kier alpha value is -1.18. The Morgan fingerprint density at radius 3 is 2.89 bits per heavy atom. The summed E-state index contributed by atoms with van der Waals surface area (Å²) in [6.07, 6.45) is 8.03. The van der Waals surface area contributed by atoms with E-state index < -0.39 is 0 Å². The molecule has 2 heterocycles. The molecule has 1 aromatic rings. The van der Waals surface area contributed by atoms with Crippen LogP contribution in [0.1, 0.15) is 44.6 Å². The predicted octanol–water partition coefficient (Wildman–Crippen LogP) is 4.06. The number of piperidine rings is 1. The maximum Gasteiger partial charge on any atom is 0.0374 e. The SMILES string of the molecule is CCCC1CCN(c2ccc3c(c2)CCCN3)CC1. The molecule has 1 saturated heterocycles. The molecule has 1 aromatic carbocycles. The van der Waals surface area contributed by atoms with Crippen LogP contribution in [0.2, 0.25) is 0 Å². The van der Waals surface area contributed by atoms with Crippen molar-refractivity contribution >= 4 is 11.4 Å². The third-order valence-electron chi connectivity index (χ3n) is 4.70. The highest BCUT2D eigenvalue weighted by molar-refractivity contribution is 5.61. The fourth-order valence-corrected chi connectivity index (χ4v) is 3.55. The summed E-state index contributed by atoms with van der Waals surface area (Å²) in [6, 6.07) is 7.00. The standard InChI is InChI=1S/C17H26N2/c1-2-4-14-8-11-19(12-9-14)16-6-7-17-15(13-16)5-3-10-18-17/h6-7,13-14,18H,2-5,8-12H2,1H3. The van der Waals surface area contributed by atoms with Gasteiger partial charge in [0.15, 0.2) is 0 Å². The van der Waals surface area contributed by atoms with Crippen molar-refractivity contribution in [2.75, 3.05) is 29.9 Å². The van der Waals surface area contributed by atoms with Gasteiger partial charge in [-0.05, 0) is 55.4 Å². The van der Waals surface area contributed by atoms with Crippen LogP contribution in [0.5, 0.6) is 0 Å². The van der Waals surface area contributed by atoms with E-state index in [9.17, 15) is 0 Å². The molecule has 2 heteroatoms. The Morgan fingerprint density at radius 2 is 2.11 bits per heavy atom. The van der Waals surface area contributed by atoms with Crippen LogP contribution in [0.3, 0.4) is 0 Å². The van der Waals surface area contributed by atoms with Crippen LogP contribution >= 0.6 is 0 Å². The first-order valence-corrected chi connectivity index (χ1v) is 7.98. The Morgan fingerprint density at radius 1 is 1.26 bits per heavy atom. The molecule has 0 unspecified atom stereocenters. The largest absolute Gasteiger partial charge is 0.385 e. The Bertz CT molecular complexity index is 419. The number of anilines is 2. The number of rotatable bonds is 3. The minimum absolute atomic E-state index is 0.973. The highest BCUT2D eigenvalue weighted by Crippen LogP contribution is 2.30. The highest BCUT2D eigenvalue weighted by Gasteiger charge is 2.19. The van der Waals surface area contributed by atoms with Crippen molar-refractivity contribution in [2.45, 2.75) is 45.4 Å². The third kappa shape index (κ3) is 2.88. The summed E-state index contributed by atoms with van der Waals surface area (Å²) in [7, 11) is 0. The molecule has 0 saturated carbocycles. The summed E-state index contributed by atoms with van der Waals surface area (Å²) >= 11 is 0. The zero-order chi connectivity index (χ0) is 13.1. The smallest absolute Gasteiger partial charge is 0.0374 e. The number of benzene rings is 1. The molecule has 2 aliphatic rings. The maximum absolute atomic E-state index is 3.50. The predicted molar refractivity (Wildman–Crippen MR) is 83.1 cm³/mol. The average molecular weight is 258 g/mol. The minimum Gasteiger partial charge on any atom is -0.385 e. The average Bonchev–Trinajstić information content (AvgIpc) is 2.48. The van der Waals surface area contributed by atoms with Crippen molar-refractivity contribution in [2.24, 2.45) is 5.92 Å². The summed E-state index contributed by atoms with van der Waals surface area (Å²) in [5.74, 6) is 0.973. The van der Waals surface area contributed by atoms with Gasteiger partial charge in [0.05, 0.1) is 0 Å². The van der Waals surface area contributed by atoms with E-state index in [2.05, 4.69) is 35.3 Å². The van der Waals surface area contributed by atoms with Crippen molar-refractivity contribution in [3.8, 4) is 0 Å². The number of hydrogen-bond acceptors (Lipinski definition) is 2. The molecule has 0 atom stereocenters. The molecule has 0 spiro atoms. The van der Waals surface area contributed by atoms with Crippen LogP contribution in [-0.4, -0.2) is 19.6 Å². The molecule has 0 aromatic heterocycles. The van der Waals surface area contributed by atoms with Gasteiger partial charge >= 0.3 is 0 Å². The minimum atomic E-state index is 0.973. The summed E-state index contributed by atoms with van der Waals surface area (Å²) < 4.78 is 0. The maximum atomic E-state index is 3.50. The summed E-state index contributed by atoms with van der Waals surface area (Å²) in [5, 5.41) is 3.50. The van der Waals surface area contributed by atoms with Crippen LogP contribution in [0.25, 0.3) is 0 Å². The summed E-state index contributed by atoms with van der Waals surface area (Å²) in [6.45, 7) is 5.94. The second-order valence-electron chi connectivity index (χ2n) is 6.09. The van der Waals surface area contributed by atoms with E-state index in [1.165, 1.54) is 68.6 Å². The van der Waals surface area contributed by atoms with Gasteiger partial charge in [-0.25, -0.2) is 0 Å². The van der Waals surface area contributed by atoms with E-state index in [1.807, 2.05) is 0 Å². The van der Waals surface area contributed by atoms with E-state index >= 15 is 0 Å². The number of nitrogens with one attached hydrogen (secondary N) is 1. The lowest BCUT2D eigenvalue weighted by Crippen LogP contribution is -2.33. The van der Waals surface area contributed by atoms with Crippen LogP contribution in [0, 0.1) is 5.92 Å². The topological polar surface area (TPSA) is 15.3 Å². The highest BCUT2D eigenvalue weighted by atomic mass is 15.1. The van der Waals surface area contributed by atoms with Crippen LogP contribution < -0.4 is 10.2 Å².